The first-order valence-electron chi connectivity index (χ1n) is 6.42. The zero-order valence-corrected chi connectivity index (χ0v) is 11.5. The van der Waals surface area contributed by atoms with Crippen LogP contribution >= 0.6 is 0 Å². The maximum Gasteiger partial charge on any atom is 0.406 e. The second kappa shape index (κ2) is 6.32. The van der Waals surface area contributed by atoms with Gasteiger partial charge < -0.3 is 14.9 Å². The molecule has 1 rings (SSSR count). The SMILES string of the molecule is CC(C)C1CCN(C(=O)N(CC(=O)O)CC(F)(F)F)C1. The van der Waals surface area contributed by atoms with Crippen molar-refractivity contribution in [1.29, 1.82) is 0 Å². The molecule has 116 valence electrons. The van der Waals surface area contributed by atoms with Crippen LogP contribution in [0.3, 0.4) is 0 Å². The molecule has 20 heavy (non-hydrogen) atoms. The number of likely N-dealkylation sites (tertiary alicyclic amines) is 1. The summed E-state index contributed by atoms with van der Waals surface area (Å²) in [6, 6.07) is -0.854. The molecular weight excluding hydrogens is 277 g/mol. The Morgan fingerprint density at radius 2 is 2.00 bits per heavy atom. The molecule has 8 heteroatoms. The summed E-state index contributed by atoms with van der Waals surface area (Å²) in [5.74, 6) is -0.873. The zero-order chi connectivity index (χ0) is 15.5. The van der Waals surface area contributed by atoms with Gasteiger partial charge in [0.05, 0.1) is 0 Å². The summed E-state index contributed by atoms with van der Waals surface area (Å²) in [6.07, 6.45) is -3.88. The number of aliphatic carboxylic acids is 1. The molecule has 0 radical (unpaired) electrons. The molecular formula is C12H19F3N2O3. The minimum atomic E-state index is -4.61. The predicted molar refractivity (Wildman–Crippen MR) is 65.2 cm³/mol. The fourth-order valence-electron chi connectivity index (χ4n) is 2.28. The summed E-state index contributed by atoms with van der Waals surface area (Å²) in [5, 5.41) is 8.63. The molecule has 1 N–H and O–H groups in total. The number of halogens is 3. The number of hydrogen-bond donors (Lipinski definition) is 1. The van der Waals surface area contributed by atoms with Crippen molar-refractivity contribution in [1.82, 2.24) is 9.80 Å². The van der Waals surface area contributed by atoms with Gasteiger partial charge in [-0.1, -0.05) is 13.8 Å². The third-order valence-electron chi connectivity index (χ3n) is 3.40. The molecule has 1 unspecified atom stereocenters. The van der Waals surface area contributed by atoms with E-state index in [4.69, 9.17) is 5.11 Å². The number of carbonyl (C=O) groups is 2. The highest BCUT2D eigenvalue weighted by molar-refractivity contribution is 5.80. The van der Waals surface area contributed by atoms with Gasteiger partial charge in [0.1, 0.15) is 13.1 Å². The molecule has 1 fully saturated rings. The minimum Gasteiger partial charge on any atom is -0.480 e. The largest absolute Gasteiger partial charge is 0.480 e. The third kappa shape index (κ3) is 4.90. The van der Waals surface area contributed by atoms with E-state index >= 15 is 0 Å². The van der Waals surface area contributed by atoms with Crippen LogP contribution in [0.4, 0.5) is 18.0 Å². The van der Waals surface area contributed by atoms with Crippen LogP contribution in [-0.2, 0) is 4.79 Å². The molecule has 0 aromatic carbocycles. The standard InChI is InChI=1S/C12H19F3N2O3/c1-8(2)9-3-4-16(5-9)11(20)17(6-10(18)19)7-12(13,14)15/h8-9H,3-7H2,1-2H3,(H,18,19). The molecule has 0 saturated carbocycles. The van der Waals surface area contributed by atoms with Crippen LogP contribution in [0.15, 0.2) is 0 Å². The van der Waals surface area contributed by atoms with Crippen LogP contribution in [0.2, 0.25) is 0 Å². The number of nitrogens with zero attached hydrogens (tertiary/aromatic N) is 2. The van der Waals surface area contributed by atoms with Crippen molar-refractivity contribution in [3.05, 3.63) is 0 Å². The van der Waals surface area contributed by atoms with E-state index in [2.05, 4.69) is 0 Å². The summed E-state index contributed by atoms with van der Waals surface area (Å²) in [5.41, 5.74) is 0. The summed E-state index contributed by atoms with van der Waals surface area (Å²) in [7, 11) is 0. The highest BCUT2D eigenvalue weighted by Gasteiger charge is 2.37. The van der Waals surface area contributed by atoms with Crippen molar-refractivity contribution in [3.63, 3.8) is 0 Å². The van der Waals surface area contributed by atoms with Gasteiger partial charge in [0.15, 0.2) is 0 Å². The molecule has 1 saturated heterocycles. The Hall–Kier alpha value is -1.47. The van der Waals surface area contributed by atoms with Gasteiger partial charge in [-0.2, -0.15) is 13.2 Å². The Balaban J connectivity index is 2.71. The molecule has 0 bridgehead atoms. The first-order chi connectivity index (χ1) is 9.10. The molecule has 0 spiro atoms. The summed E-state index contributed by atoms with van der Waals surface area (Å²) < 4.78 is 37.2. The first-order valence-corrected chi connectivity index (χ1v) is 6.42. The Kier molecular flexibility index (Phi) is 5.24. The van der Waals surface area contributed by atoms with Crippen LogP contribution in [0, 0.1) is 11.8 Å². The van der Waals surface area contributed by atoms with E-state index in [0.717, 1.165) is 6.42 Å². The van der Waals surface area contributed by atoms with E-state index in [0.29, 0.717) is 23.9 Å². The molecule has 0 aromatic rings. The maximum atomic E-state index is 12.4. The second-order valence-corrected chi connectivity index (χ2v) is 5.39. The number of urea groups is 1. The van der Waals surface area contributed by atoms with Gasteiger partial charge in [-0.15, -0.1) is 0 Å². The van der Waals surface area contributed by atoms with Crippen LogP contribution in [0.25, 0.3) is 0 Å². The van der Waals surface area contributed by atoms with E-state index in [-0.39, 0.29) is 5.92 Å². The van der Waals surface area contributed by atoms with Gasteiger partial charge in [-0.05, 0) is 18.3 Å². The number of rotatable bonds is 4. The summed E-state index contributed by atoms with van der Waals surface area (Å²) >= 11 is 0. The monoisotopic (exact) mass is 296 g/mol. The molecule has 5 nitrogen and oxygen atoms in total. The minimum absolute atomic E-state index is 0.247. The molecule has 2 amide bonds. The number of carbonyl (C=O) groups excluding carboxylic acids is 1. The van der Waals surface area contributed by atoms with E-state index in [1.165, 1.54) is 4.90 Å². The average molecular weight is 296 g/mol. The van der Waals surface area contributed by atoms with Gasteiger partial charge in [0.25, 0.3) is 0 Å². The van der Waals surface area contributed by atoms with E-state index in [1.54, 1.807) is 0 Å². The molecule has 1 heterocycles. The van der Waals surface area contributed by atoms with Gasteiger partial charge in [0, 0.05) is 13.1 Å². The van der Waals surface area contributed by atoms with Crippen LogP contribution < -0.4 is 0 Å². The lowest BCUT2D eigenvalue weighted by molar-refractivity contribution is -0.149. The fourth-order valence-corrected chi connectivity index (χ4v) is 2.28. The Labute approximate surface area is 115 Å². The van der Waals surface area contributed by atoms with Crippen molar-refractivity contribution in [2.75, 3.05) is 26.2 Å². The van der Waals surface area contributed by atoms with E-state index < -0.39 is 31.3 Å². The van der Waals surface area contributed by atoms with Crippen LogP contribution in [0.1, 0.15) is 20.3 Å². The first kappa shape index (κ1) is 16.6. The summed E-state index contributed by atoms with van der Waals surface area (Å²) in [6.45, 7) is 2.25. The molecule has 0 aliphatic carbocycles. The fraction of sp³-hybridized carbons (Fsp3) is 0.833. The average Bonchev–Trinajstić information content (AvgIpc) is 2.73. The van der Waals surface area contributed by atoms with Gasteiger partial charge in [0.2, 0.25) is 0 Å². The van der Waals surface area contributed by atoms with Crippen molar-refractivity contribution in [2.24, 2.45) is 11.8 Å². The van der Waals surface area contributed by atoms with E-state index in [1.807, 2.05) is 13.8 Å². The second-order valence-electron chi connectivity index (χ2n) is 5.39. The molecule has 1 aliphatic rings. The lowest BCUT2D eigenvalue weighted by atomic mass is 9.95. The van der Waals surface area contributed by atoms with Gasteiger partial charge >= 0.3 is 18.2 Å². The number of alkyl halides is 3. The molecule has 1 atom stereocenters. The number of carboxylic acid groups (broad SMARTS) is 1. The number of hydrogen-bond acceptors (Lipinski definition) is 2. The third-order valence-corrected chi connectivity index (χ3v) is 3.40. The van der Waals surface area contributed by atoms with Gasteiger partial charge in [-0.3, -0.25) is 4.79 Å². The highest BCUT2D eigenvalue weighted by atomic mass is 19.4. The van der Waals surface area contributed by atoms with Crippen LogP contribution in [0.5, 0.6) is 0 Å². The van der Waals surface area contributed by atoms with Crippen LogP contribution in [-0.4, -0.2) is 59.3 Å². The topological polar surface area (TPSA) is 60.9 Å². The molecule has 0 aromatic heterocycles. The smallest absolute Gasteiger partial charge is 0.406 e. The molecule has 1 aliphatic heterocycles. The van der Waals surface area contributed by atoms with Gasteiger partial charge in [-0.25, -0.2) is 4.79 Å². The Bertz CT molecular complexity index is 371. The quantitative estimate of drug-likeness (QED) is 0.863. The lowest BCUT2D eigenvalue weighted by Crippen LogP contribution is -2.48. The summed E-state index contributed by atoms with van der Waals surface area (Å²) in [4.78, 5) is 24.3. The maximum absolute atomic E-state index is 12.4. The number of carboxylic acids is 1. The predicted octanol–water partition coefficient (Wildman–Crippen LogP) is 2.03. The van der Waals surface area contributed by atoms with Crippen molar-refractivity contribution in [3.8, 4) is 0 Å². The highest BCUT2D eigenvalue weighted by Crippen LogP contribution is 2.25. The number of amides is 2. The zero-order valence-electron chi connectivity index (χ0n) is 11.5. The van der Waals surface area contributed by atoms with Crippen molar-refractivity contribution >= 4 is 12.0 Å². The Morgan fingerprint density at radius 1 is 1.40 bits per heavy atom. The van der Waals surface area contributed by atoms with Crippen molar-refractivity contribution < 1.29 is 27.9 Å². The normalized spacial score (nSPS) is 19.5. The lowest BCUT2D eigenvalue weighted by Gasteiger charge is -2.27. The Morgan fingerprint density at radius 3 is 2.40 bits per heavy atom. The van der Waals surface area contributed by atoms with Crippen molar-refractivity contribution in [2.45, 2.75) is 26.4 Å². The van der Waals surface area contributed by atoms with E-state index in [9.17, 15) is 22.8 Å².